The van der Waals surface area contributed by atoms with E-state index in [0.29, 0.717) is 21.5 Å². The second-order valence-corrected chi connectivity index (χ2v) is 5.84. The molecular formula is C16H12Cl2N2O4. The fourth-order valence-electron chi connectivity index (χ4n) is 2.10. The molecule has 24 heavy (non-hydrogen) atoms. The van der Waals surface area contributed by atoms with E-state index in [2.05, 4.69) is 10.9 Å². The Bertz CT molecular complexity index is 777. The lowest BCUT2D eigenvalue weighted by Crippen LogP contribution is -2.50. The molecule has 8 heteroatoms. The van der Waals surface area contributed by atoms with Crippen LogP contribution < -0.4 is 20.3 Å². The molecule has 3 rings (SSSR count). The summed E-state index contributed by atoms with van der Waals surface area (Å²) in [6, 6.07) is 11.4. The van der Waals surface area contributed by atoms with Gasteiger partial charge in [0.1, 0.15) is 6.61 Å². The molecule has 2 aromatic rings. The Balaban J connectivity index is 1.59. The van der Waals surface area contributed by atoms with Crippen molar-refractivity contribution in [2.24, 2.45) is 0 Å². The molecule has 0 saturated carbocycles. The maximum absolute atomic E-state index is 12.1. The molecule has 2 aromatic carbocycles. The van der Waals surface area contributed by atoms with Gasteiger partial charge in [0.05, 0.1) is 0 Å². The Morgan fingerprint density at radius 3 is 2.38 bits per heavy atom. The van der Waals surface area contributed by atoms with Crippen LogP contribution >= 0.6 is 23.2 Å². The van der Waals surface area contributed by atoms with Crippen molar-refractivity contribution in [1.29, 1.82) is 0 Å². The molecule has 1 heterocycles. The van der Waals surface area contributed by atoms with Gasteiger partial charge >= 0.3 is 0 Å². The zero-order chi connectivity index (χ0) is 17.1. The molecule has 1 atom stereocenters. The van der Waals surface area contributed by atoms with Crippen LogP contribution in [0, 0.1) is 0 Å². The van der Waals surface area contributed by atoms with Gasteiger partial charge in [-0.15, -0.1) is 0 Å². The molecule has 1 aliphatic rings. The van der Waals surface area contributed by atoms with E-state index >= 15 is 0 Å². The summed E-state index contributed by atoms with van der Waals surface area (Å²) in [5, 5.41) is 0.638. The SMILES string of the molecule is O=C(NNC(=O)[C@@H]1COc2ccccc2O1)c1cc(Cl)cc(Cl)c1. The second kappa shape index (κ2) is 6.98. The molecular weight excluding hydrogens is 355 g/mol. The number of carbonyl (C=O) groups excluding carboxylic acids is 2. The molecule has 0 spiro atoms. The number of amides is 2. The van der Waals surface area contributed by atoms with E-state index in [1.807, 2.05) is 0 Å². The van der Waals surface area contributed by atoms with Crippen molar-refractivity contribution in [2.75, 3.05) is 6.61 Å². The Labute approximate surface area is 147 Å². The first kappa shape index (κ1) is 16.4. The molecule has 124 valence electrons. The van der Waals surface area contributed by atoms with Crippen molar-refractivity contribution in [3.63, 3.8) is 0 Å². The molecule has 1 aliphatic heterocycles. The van der Waals surface area contributed by atoms with Crippen LogP contribution in [0.25, 0.3) is 0 Å². The first-order valence-electron chi connectivity index (χ1n) is 6.98. The first-order chi connectivity index (χ1) is 11.5. The molecule has 0 aliphatic carbocycles. The Hall–Kier alpha value is -2.44. The molecule has 0 aromatic heterocycles. The number of benzene rings is 2. The molecule has 0 radical (unpaired) electrons. The number of fused-ring (bicyclic) bond motifs is 1. The highest BCUT2D eigenvalue weighted by atomic mass is 35.5. The van der Waals surface area contributed by atoms with Crippen molar-refractivity contribution in [3.05, 3.63) is 58.1 Å². The Kier molecular flexibility index (Phi) is 4.78. The number of rotatable bonds is 2. The van der Waals surface area contributed by atoms with Gasteiger partial charge < -0.3 is 9.47 Å². The van der Waals surface area contributed by atoms with E-state index in [1.165, 1.54) is 18.2 Å². The molecule has 0 fully saturated rings. The third-order valence-corrected chi connectivity index (χ3v) is 3.66. The second-order valence-electron chi connectivity index (χ2n) is 4.97. The molecule has 2 amide bonds. The topological polar surface area (TPSA) is 76.7 Å². The minimum absolute atomic E-state index is 0.0434. The van der Waals surface area contributed by atoms with Gasteiger partial charge in [0.25, 0.3) is 11.8 Å². The van der Waals surface area contributed by atoms with Gasteiger partial charge in [-0.2, -0.15) is 0 Å². The summed E-state index contributed by atoms with van der Waals surface area (Å²) in [7, 11) is 0. The molecule has 0 bridgehead atoms. The number of halogens is 2. The minimum atomic E-state index is -0.872. The number of hydrazine groups is 1. The number of hydrogen-bond donors (Lipinski definition) is 2. The van der Waals surface area contributed by atoms with Crippen LogP contribution in [0.5, 0.6) is 11.5 Å². The zero-order valence-electron chi connectivity index (χ0n) is 12.2. The lowest BCUT2D eigenvalue weighted by molar-refractivity contribution is -0.131. The van der Waals surface area contributed by atoms with Gasteiger partial charge in [-0.3, -0.25) is 20.4 Å². The van der Waals surface area contributed by atoms with Gasteiger partial charge in [-0.25, -0.2) is 0 Å². The Morgan fingerprint density at radius 2 is 1.67 bits per heavy atom. The first-order valence-corrected chi connectivity index (χ1v) is 7.73. The number of ether oxygens (including phenoxy) is 2. The predicted molar refractivity (Wildman–Crippen MR) is 88.4 cm³/mol. The smallest absolute Gasteiger partial charge is 0.283 e. The van der Waals surface area contributed by atoms with Crippen LogP contribution in [0.1, 0.15) is 10.4 Å². The normalized spacial score (nSPS) is 15.5. The standard InChI is InChI=1S/C16H12Cl2N2O4/c17-10-5-9(6-11(18)7-10)15(21)19-20-16(22)14-8-23-12-3-1-2-4-13(12)24-14/h1-7,14H,8H2,(H,19,21)(H,20,22)/t14-/m0/s1. The maximum Gasteiger partial charge on any atom is 0.283 e. The van der Waals surface area contributed by atoms with Crippen molar-refractivity contribution < 1.29 is 19.1 Å². The molecule has 6 nitrogen and oxygen atoms in total. The summed E-state index contributed by atoms with van der Waals surface area (Å²) >= 11 is 11.7. The lowest BCUT2D eigenvalue weighted by Gasteiger charge is -2.25. The number of nitrogens with one attached hydrogen (secondary N) is 2. The van der Waals surface area contributed by atoms with Crippen molar-refractivity contribution in [1.82, 2.24) is 10.9 Å². The van der Waals surface area contributed by atoms with Crippen molar-refractivity contribution >= 4 is 35.0 Å². The third-order valence-electron chi connectivity index (χ3n) is 3.23. The summed E-state index contributed by atoms with van der Waals surface area (Å²) in [6.07, 6.45) is -0.872. The van der Waals surface area contributed by atoms with E-state index in [1.54, 1.807) is 24.3 Å². The van der Waals surface area contributed by atoms with Crippen LogP contribution in [0.4, 0.5) is 0 Å². The van der Waals surface area contributed by atoms with Gasteiger partial charge in [0, 0.05) is 15.6 Å². The highest BCUT2D eigenvalue weighted by Gasteiger charge is 2.27. The average molecular weight is 367 g/mol. The van der Waals surface area contributed by atoms with E-state index in [0.717, 1.165) is 0 Å². The summed E-state index contributed by atoms with van der Waals surface area (Å²) in [4.78, 5) is 24.1. The highest BCUT2D eigenvalue weighted by molar-refractivity contribution is 6.35. The predicted octanol–water partition coefficient (Wildman–Crippen LogP) is 2.59. The van der Waals surface area contributed by atoms with Crippen molar-refractivity contribution in [3.8, 4) is 11.5 Å². The van der Waals surface area contributed by atoms with Gasteiger partial charge in [-0.1, -0.05) is 35.3 Å². The molecule has 0 unspecified atom stereocenters. The van der Waals surface area contributed by atoms with Crippen molar-refractivity contribution in [2.45, 2.75) is 6.10 Å². The lowest BCUT2D eigenvalue weighted by atomic mass is 10.2. The van der Waals surface area contributed by atoms with Gasteiger partial charge in [-0.05, 0) is 30.3 Å². The molecule has 2 N–H and O–H groups in total. The van der Waals surface area contributed by atoms with Crippen LogP contribution in [0.2, 0.25) is 10.0 Å². The fraction of sp³-hybridized carbons (Fsp3) is 0.125. The van der Waals surface area contributed by atoms with E-state index in [9.17, 15) is 9.59 Å². The minimum Gasteiger partial charge on any atom is -0.485 e. The highest BCUT2D eigenvalue weighted by Crippen LogP contribution is 2.30. The molecule has 0 saturated heterocycles. The largest absolute Gasteiger partial charge is 0.485 e. The summed E-state index contributed by atoms with van der Waals surface area (Å²) in [5.41, 5.74) is 4.80. The van der Waals surface area contributed by atoms with Gasteiger partial charge in [0.2, 0.25) is 6.10 Å². The van der Waals surface area contributed by atoms with E-state index in [-0.39, 0.29) is 12.2 Å². The van der Waals surface area contributed by atoms with Gasteiger partial charge in [0.15, 0.2) is 11.5 Å². The van der Waals surface area contributed by atoms with Crippen LogP contribution in [0.15, 0.2) is 42.5 Å². The summed E-state index contributed by atoms with van der Waals surface area (Å²) in [5.74, 6) is -0.0492. The monoisotopic (exact) mass is 366 g/mol. The summed E-state index contributed by atoms with van der Waals surface area (Å²) in [6.45, 7) is 0.0434. The number of carbonyl (C=O) groups is 2. The number of para-hydroxylation sites is 2. The number of hydrogen-bond acceptors (Lipinski definition) is 4. The third kappa shape index (κ3) is 3.72. The maximum atomic E-state index is 12.1. The Morgan fingerprint density at radius 1 is 1.00 bits per heavy atom. The van der Waals surface area contributed by atoms with Crippen LogP contribution in [-0.4, -0.2) is 24.5 Å². The summed E-state index contributed by atoms with van der Waals surface area (Å²) < 4.78 is 11.0. The fourth-order valence-corrected chi connectivity index (χ4v) is 2.63. The average Bonchev–Trinajstić information content (AvgIpc) is 2.58. The zero-order valence-corrected chi connectivity index (χ0v) is 13.7. The quantitative estimate of drug-likeness (QED) is 0.800. The van der Waals surface area contributed by atoms with E-state index < -0.39 is 17.9 Å². The van der Waals surface area contributed by atoms with Crippen LogP contribution in [0.3, 0.4) is 0 Å². The van der Waals surface area contributed by atoms with Crippen LogP contribution in [-0.2, 0) is 4.79 Å². The van der Waals surface area contributed by atoms with E-state index in [4.69, 9.17) is 32.7 Å².